The van der Waals surface area contributed by atoms with Gasteiger partial charge in [0.2, 0.25) is 0 Å². The maximum atomic E-state index is 6.29. The fourth-order valence-corrected chi connectivity index (χ4v) is 7.27. The van der Waals surface area contributed by atoms with E-state index in [-0.39, 0.29) is 0 Å². The van der Waals surface area contributed by atoms with Gasteiger partial charge in [0, 0.05) is 49.8 Å². The molecule has 45 heavy (non-hydrogen) atoms. The highest BCUT2D eigenvalue weighted by atomic mass is 16.3. The van der Waals surface area contributed by atoms with Crippen LogP contribution in [0.25, 0.3) is 88.1 Å². The van der Waals surface area contributed by atoms with Crippen LogP contribution in [-0.2, 0) is 0 Å². The van der Waals surface area contributed by atoms with Crippen LogP contribution in [-0.4, -0.2) is 9.13 Å². The van der Waals surface area contributed by atoms with Crippen molar-refractivity contribution in [1.29, 1.82) is 0 Å². The topological polar surface area (TPSA) is 23.0 Å². The molecule has 0 bridgehead atoms. The summed E-state index contributed by atoms with van der Waals surface area (Å²) >= 11 is 0. The Kier molecular flexibility index (Phi) is 5.00. The van der Waals surface area contributed by atoms with Crippen molar-refractivity contribution < 1.29 is 4.42 Å². The lowest BCUT2D eigenvalue weighted by molar-refractivity contribution is 0.669. The average molecular weight is 575 g/mol. The maximum absolute atomic E-state index is 6.29. The molecular formula is C42H26N2O. The Morgan fingerprint density at radius 1 is 0.311 bits per heavy atom. The number of rotatable bonds is 3. The summed E-state index contributed by atoms with van der Waals surface area (Å²) in [4.78, 5) is 0. The van der Waals surface area contributed by atoms with Gasteiger partial charge in [-0.25, -0.2) is 0 Å². The molecule has 3 nitrogen and oxygen atoms in total. The minimum Gasteiger partial charge on any atom is -0.456 e. The summed E-state index contributed by atoms with van der Waals surface area (Å²) < 4.78 is 11.0. The van der Waals surface area contributed by atoms with Crippen LogP contribution >= 0.6 is 0 Å². The Morgan fingerprint density at radius 2 is 0.756 bits per heavy atom. The molecule has 0 aliphatic carbocycles. The van der Waals surface area contributed by atoms with E-state index in [1.165, 1.54) is 49.2 Å². The maximum Gasteiger partial charge on any atom is 0.137 e. The Morgan fingerprint density at radius 3 is 1.31 bits per heavy atom. The molecular weight excluding hydrogens is 548 g/mol. The zero-order valence-corrected chi connectivity index (χ0v) is 24.3. The molecule has 210 valence electrons. The fourth-order valence-electron chi connectivity index (χ4n) is 7.27. The predicted molar refractivity (Wildman–Crippen MR) is 188 cm³/mol. The van der Waals surface area contributed by atoms with Crippen LogP contribution in [0.1, 0.15) is 0 Å². The standard InChI is InChI=1S/C42H26N2O/c1-5-13-37-31(9-1)32-10-2-6-14-38(32)43(37)29-21-17-27(18-22-29)28-19-23-30(24-20-28)44-39-15-7-3-11-33(39)35-25-36-34-12-4-8-16-41(34)45-42(36)26-40(35)44/h1-26H. The van der Waals surface area contributed by atoms with Gasteiger partial charge in [0.15, 0.2) is 0 Å². The Hall–Kier alpha value is -6.06. The molecule has 0 saturated carbocycles. The zero-order chi connectivity index (χ0) is 29.5. The van der Waals surface area contributed by atoms with Gasteiger partial charge in [-0.2, -0.15) is 0 Å². The Labute approximate surface area is 258 Å². The highest BCUT2D eigenvalue weighted by Gasteiger charge is 2.16. The van der Waals surface area contributed by atoms with Crippen molar-refractivity contribution in [3.63, 3.8) is 0 Å². The van der Waals surface area contributed by atoms with E-state index in [4.69, 9.17) is 4.42 Å². The number of hydrogen-bond donors (Lipinski definition) is 0. The van der Waals surface area contributed by atoms with Crippen molar-refractivity contribution in [1.82, 2.24) is 9.13 Å². The summed E-state index contributed by atoms with van der Waals surface area (Å²) in [5.41, 5.74) is 11.3. The molecule has 0 amide bonds. The Balaban J connectivity index is 1.07. The van der Waals surface area contributed by atoms with Gasteiger partial charge in [-0.3, -0.25) is 0 Å². The van der Waals surface area contributed by atoms with Crippen molar-refractivity contribution in [2.24, 2.45) is 0 Å². The van der Waals surface area contributed by atoms with Crippen molar-refractivity contribution >= 4 is 65.6 Å². The van der Waals surface area contributed by atoms with Crippen LogP contribution in [0.2, 0.25) is 0 Å². The van der Waals surface area contributed by atoms with Gasteiger partial charge in [0.25, 0.3) is 0 Å². The van der Waals surface area contributed by atoms with Crippen LogP contribution in [0, 0.1) is 0 Å². The van der Waals surface area contributed by atoms with Crippen LogP contribution in [0.4, 0.5) is 0 Å². The third kappa shape index (κ3) is 3.52. The van der Waals surface area contributed by atoms with E-state index in [0.717, 1.165) is 38.8 Å². The molecule has 0 unspecified atom stereocenters. The summed E-state index contributed by atoms with van der Waals surface area (Å²) in [6.07, 6.45) is 0. The Bertz CT molecular complexity index is 2690. The van der Waals surface area contributed by atoms with Gasteiger partial charge in [-0.15, -0.1) is 0 Å². The molecule has 7 aromatic carbocycles. The van der Waals surface area contributed by atoms with Crippen LogP contribution < -0.4 is 0 Å². The van der Waals surface area contributed by atoms with Gasteiger partial charge < -0.3 is 13.6 Å². The van der Waals surface area contributed by atoms with E-state index in [1.807, 2.05) is 12.1 Å². The molecule has 3 heterocycles. The predicted octanol–water partition coefficient (Wildman–Crippen LogP) is 11.4. The molecule has 3 heteroatoms. The van der Waals surface area contributed by atoms with Crippen LogP contribution in [0.15, 0.2) is 162 Å². The van der Waals surface area contributed by atoms with Crippen molar-refractivity contribution in [3.05, 3.63) is 158 Å². The summed E-state index contributed by atoms with van der Waals surface area (Å²) in [5, 5.41) is 7.33. The van der Waals surface area contributed by atoms with E-state index in [1.54, 1.807) is 0 Å². The van der Waals surface area contributed by atoms with Gasteiger partial charge in [0.1, 0.15) is 11.2 Å². The third-order valence-electron chi connectivity index (χ3n) is 9.34. The van der Waals surface area contributed by atoms with Crippen LogP contribution in [0.3, 0.4) is 0 Å². The molecule has 0 aliphatic rings. The molecule has 0 N–H and O–H groups in total. The SMILES string of the molecule is c1ccc2c(c1)oc1cc3c(cc12)c1ccccc1n3-c1ccc(-c2ccc(-n3c4ccccc4c4ccccc43)cc2)cc1. The highest BCUT2D eigenvalue weighted by Crippen LogP contribution is 2.39. The second-order valence-corrected chi connectivity index (χ2v) is 11.8. The first kappa shape index (κ1) is 24.4. The average Bonchev–Trinajstić information content (AvgIpc) is 3.75. The molecule has 0 radical (unpaired) electrons. The van der Waals surface area contributed by atoms with Crippen molar-refractivity contribution in [3.8, 4) is 22.5 Å². The number of para-hydroxylation sites is 4. The molecule has 0 aliphatic heterocycles. The minimum absolute atomic E-state index is 0.910. The monoisotopic (exact) mass is 574 g/mol. The van der Waals surface area contributed by atoms with Gasteiger partial charge >= 0.3 is 0 Å². The normalized spacial score (nSPS) is 12.0. The first-order chi connectivity index (χ1) is 22.3. The first-order valence-electron chi connectivity index (χ1n) is 15.4. The number of fused-ring (bicyclic) bond motifs is 9. The number of aromatic nitrogens is 2. The molecule has 0 fully saturated rings. The van der Waals surface area contributed by atoms with E-state index >= 15 is 0 Å². The lowest BCUT2D eigenvalue weighted by Crippen LogP contribution is -1.94. The third-order valence-corrected chi connectivity index (χ3v) is 9.34. The summed E-state index contributed by atoms with van der Waals surface area (Å²) in [6, 6.07) is 56.5. The van der Waals surface area contributed by atoms with E-state index in [9.17, 15) is 0 Å². The van der Waals surface area contributed by atoms with E-state index < -0.39 is 0 Å². The smallest absolute Gasteiger partial charge is 0.137 e. The van der Waals surface area contributed by atoms with E-state index in [0.29, 0.717) is 0 Å². The lowest BCUT2D eigenvalue weighted by Gasteiger charge is -2.11. The van der Waals surface area contributed by atoms with E-state index in [2.05, 4.69) is 155 Å². The summed E-state index contributed by atoms with van der Waals surface area (Å²) in [6.45, 7) is 0. The highest BCUT2D eigenvalue weighted by molar-refractivity contribution is 6.17. The number of nitrogens with zero attached hydrogens (tertiary/aromatic N) is 2. The van der Waals surface area contributed by atoms with Gasteiger partial charge in [-0.05, 0) is 65.7 Å². The first-order valence-corrected chi connectivity index (χ1v) is 15.4. The van der Waals surface area contributed by atoms with Gasteiger partial charge in [0.05, 0.1) is 22.1 Å². The lowest BCUT2D eigenvalue weighted by atomic mass is 10.0. The number of hydrogen-bond acceptors (Lipinski definition) is 1. The van der Waals surface area contributed by atoms with Gasteiger partial charge in [-0.1, -0.05) is 97.1 Å². The second kappa shape index (κ2) is 9.22. The molecule has 0 spiro atoms. The minimum atomic E-state index is 0.910. The molecule has 0 saturated heterocycles. The zero-order valence-electron chi connectivity index (χ0n) is 24.3. The summed E-state index contributed by atoms with van der Waals surface area (Å²) in [7, 11) is 0. The number of benzene rings is 7. The molecule has 10 aromatic rings. The molecule has 0 atom stereocenters. The van der Waals surface area contributed by atoms with Crippen molar-refractivity contribution in [2.75, 3.05) is 0 Å². The second-order valence-electron chi connectivity index (χ2n) is 11.8. The number of furan rings is 1. The van der Waals surface area contributed by atoms with Crippen molar-refractivity contribution in [2.45, 2.75) is 0 Å². The quantitative estimate of drug-likeness (QED) is 0.206. The molecule has 3 aromatic heterocycles. The molecule has 10 rings (SSSR count). The van der Waals surface area contributed by atoms with Crippen LogP contribution in [0.5, 0.6) is 0 Å². The largest absolute Gasteiger partial charge is 0.456 e. The fraction of sp³-hybridized carbons (Fsp3) is 0. The summed E-state index contributed by atoms with van der Waals surface area (Å²) in [5.74, 6) is 0.